The quantitative estimate of drug-likeness (QED) is 0.767. The first-order valence-corrected chi connectivity index (χ1v) is 9.68. The third kappa shape index (κ3) is 4.60. The predicted molar refractivity (Wildman–Crippen MR) is 99.0 cm³/mol. The minimum atomic E-state index is -0.0269. The Morgan fingerprint density at radius 3 is 2.72 bits per heavy atom. The lowest BCUT2D eigenvalue weighted by molar-refractivity contribution is -0.928. The van der Waals surface area contributed by atoms with Crippen LogP contribution in [-0.4, -0.2) is 44.0 Å². The van der Waals surface area contributed by atoms with Gasteiger partial charge in [0.05, 0.1) is 19.1 Å². The van der Waals surface area contributed by atoms with Crippen molar-refractivity contribution >= 4 is 17.5 Å². The van der Waals surface area contributed by atoms with E-state index >= 15 is 0 Å². The van der Waals surface area contributed by atoms with Crippen molar-refractivity contribution in [2.45, 2.75) is 51.5 Å². The second-order valence-electron chi connectivity index (χ2n) is 7.36. The Balaban J connectivity index is 1.43. The smallest absolute Gasteiger partial charge is 0.251 e. The maximum absolute atomic E-state index is 12.3. The Labute approximate surface area is 150 Å². The van der Waals surface area contributed by atoms with Crippen molar-refractivity contribution in [3.63, 3.8) is 0 Å². The SMILES string of the molecule is C[C@H]1CCCC[NH+]1CCCNC(=O)c1ccc(N2CCCC2=O)cc1. The van der Waals surface area contributed by atoms with Crippen LogP contribution in [-0.2, 0) is 4.79 Å². The number of hydrogen-bond donors (Lipinski definition) is 2. The van der Waals surface area contributed by atoms with Crippen LogP contribution in [0.2, 0.25) is 0 Å². The highest BCUT2D eigenvalue weighted by Crippen LogP contribution is 2.21. The molecule has 2 N–H and O–H groups in total. The van der Waals surface area contributed by atoms with Gasteiger partial charge in [-0.05, 0) is 56.9 Å². The van der Waals surface area contributed by atoms with Gasteiger partial charge in [0.25, 0.3) is 5.91 Å². The molecule has 0 bridgehead atoms. The zero-order valence-corrected chi connectivity index (χ0v) is 15.2. The van der Waals surface area contributed by atoms with Crippen LogP contribution in [0.5, 0.6) is 0 Å². The molecule has 2 aliphatic rings. The lowest BCUT2D eigenvalue weighted by Crippen LogP contribution is -3.16. The van der Waals surface area contributed by atoms with Crippen molar-refractivity contribution in [3.8, 4) is 0 Å². The van der Waals surface area contributed by atoms with E-state index in [-0.39, 0.29) is 11.8 Å². The van der Waals surface area contributed by atoms with E-state index in [1.807, 2.05) is 24.3 Å². The van der Waals surface area contributed by atoms with E-state index in [1.54, 1.807) is 9.80 Å². The summed E-state index contributed by atoms with van der Waals surface area (Å²) in [6.07, 6.45) is 6.58. The van der Waals surface area contributed by atoms with Crippen LogP contribution in [0.1, 0.15) is 55.8 Å². The number of benzene rings is 1. The topological polar surface area (TPSA) is 53.9 Å². The number of amides is 2. The third-order valence-corrected chi connectivity index (χ3v) is 5.56. The number of anilines is 1. The first-order chi connectivity index (χ1) is 12.1. The average molecular weight is 344 g/mol. The monoisotopic (exact) mass is 344 g/mol. The third-order valence-electron chi connectivity index (χ3n) is 5.56. The van der Waals surface area contributed by atoms with Crippen molar-refractivity contribution in [1.82, 2.24) is 5.32 Å². The number of piperidine rings is 1. The number of carbonyl (C=O) groups excluding carboxylic acids is 2. The number of rotatable bonds is 6. The minimum absolute atomic E-state index is 0.0269. The summed E-state index contributed by atoms with van der Waals surface area (Å²) in [5.41, 5.74) is 1.55. The van der Waals surface area contributed by atoms with Crippen LogP contribution in [0.3, 0.4) is 0 Å². The number of nitrogens with one attached hydrogen (secondary N) is 2. The molecule has 2 saturated heterocycles. The highest BCUT2D eigenvalue weighted by atomic mass is 16.2. The summed E-state index contributed by atoms with van der Waals surface area (Å²) in [7, 11) is 0. The standard InChI is InChI=1S/C20H29N3O2/c1-16-6-2-3-13-22(16)14-5-12-21-20(25)17-8-10-18(11-9-17)23-15-4-7-19(23)24/h8-11,16H,2-7,12-15H2,1H3,(H,21,25)/p+1/t16-/m0/s1. The minimum Gasteiger partial charge on any atom is -0.352 e. The van der Waals surface area contributed by atoms with Gasteiger partial charge in [-0.1, -0.05) is 0 Å². The van der Waals surface area contributed by atoms with Crippen molar-refractivity contribution < 1.29 is 14.5 Å². The van der Waals surface area contributed by atoms with Crippen LogP contribution >= 0.6 is 0 Å². The Hall–Kier alpha value is -1.88. The van der Waals surface area contributed by atoms with Crippen LogP contribution < -0.4 is 15.1 Å². The Kier molecular flexibility index (Phi) is 6.08. The molecule has 2 aliphatic heterocycles. The van der Waals surface area contributed by atoms with Crippen molar-refractivity contribution in [2.24, 2.45) is 0 Å². The van der Waals surface area contributed by atoms with Gasteiger partial charge in [0.2, 0.25) is 5.91 Å². The van der Waals surface area contributed by atoms with Crippen molar-refractivity contribution in [1.29, 1.82) is 0 Å². The molecule has 2 fully saturated rings. The summed E-state index contributed by atoms with van der Waals surface area (Å²) in [5, 5.41) is 3.02. The molecule has 0 radical (unpaired) electrons. The number of carbonyl (C=O) groups is 2. The summed E-state index contributed by atoms with van der Waals surface area (Å²) >= 11 is 0. The molecule has 136 valence electrons. The first kappa shape index (κ1) is 17.9. The zero-order chi connectivity index (χ0) is 17.6. The Bertz CT molecular complexity index is 599. The van der Waals surface area contributed by atoms with Gasteiger partial charge in [-0.2, -0.15) is 0 Å². The molecule has 0 aliphatic carbocycles. The van der Waals surface area contributed by atoms with E-state index in [9.17, 15) is 9.59 Å². The molecule has 5 heteroatoms. The molecule has 1 unspecified atom stereocenters. The Morgan fingerprint density at radius 2 is 2.04 bits per heavy atom. The second-order valence-corrected chi connectivity index (χ2v) is 7.36. The summed E-state index contributed by atoms with van der Waals surface area (Å²) in [4.78, 5) is 27.5. The highest BCUT2D eigenvalue weighted by molar-refractivity contribution is 5.97. The molecular weight excluding hydrogens is 314 g/mol. The average Bonchev–Trinajstić information content (AvgIpc) is 3.06. The van der Waals surface area contributed by atoms with Gasteiger partial charge in [-0.15, -0.1) is 0 Å². The van der Waals surface area contributed by atoms with Crippen LogP contribution in [0, 0.1) is 0 Å². The summed E-state index contributed by atoms with van der Waals surface area (Å²) in [6, 6.07) is 8.13. The van der Waals surface area contributed by atoms with Crippen molar-refractivity contribution in [3.05, 3.63) is 29.8 Å². The van der Waals surface area contributed by atoms with Gasteiger partial charge in [0.1, 0.15) is 0 Å². The highest BCUT2D eigenvalue weighted by Gasteiger charge is 2.22. The van der Waals surface area contributed by atoms with E-state index in [2.05, 4.69) is 12.2 Å². The van der Waals surface area contributed by atoms with Crippen molar-refractivity contribution in [2.75, 3.05) is 31.1 Å². The fourth-order valence-electron chi connectivity index (χ4n) is 3.96. The first-order valence-electron chi connectivity index (χ1n) is 9.68. The second kappa shape index (κ2) is 8.48. The normalized spacial score (nSPS) is 23.7. The van der Waals surface area contributed by atoms with Gasteiger partial charge in [-0.3, -0.25) is 9.59 Å². The fourth-order valence-corrected chi connectivity index (χ4v) is 3.96. The van der Waals surface area contributed by atoms with Gasteiger partial charge < -0.3 is 15.1 Å². The van der Waals surface area contributed by atoms with Gasteiger partial charge in [0.15, 0.2) is 0 Å². The molecule has 2 amide bonds. The molecule has 1 aromatic carbocycles. The zero-order valence-electron chi connectivity index (χ0n) is 15.2. The fraction of sp³-hybridized carbons (Fsp3) is 0.600. The molecule has 2 atom stereocenters. The predicted octanol–water partition coefficient (Wildman–Crippen LogP) is 1.39. The largest absolute Gasteiger partial charge is 0.352 e. The molecular formula is C20H30N3O2+. The molecule has 25 heavy (non-hydrogen) atoms. The van der Waals surface area contributed by atoms with Crippen LogP contribution in [0.4, 0.5) is 5.69 Å². The van der Waals surface area contributed by atoms with E-state index in [1.165, 1.54) is 25.8 Å². The molecule has 3 rings (SSSR count). The van der Waals surface area contributed by atoms with Gasteiger partial charge in [-0.25, -0.2) is 0 Å². The number of nitrogens with zero attached hydrogens (tertiary/aromatic N) is 1. The molecule has 0 saturated carbocycles. The molecule has 2 heterocycles. The number of hydrogen-bond acceptors (Lipinski definition) is 2. The van der Waals surface area contributed by atoms with Crippen LogP contribution in [0.25, 0.3) is 0 Å². The lowest BCUT2D eigenvalue weighted by Gasteiger charge is -2.30. The van der Waals surface area contributed by atoms with Crippen LogP contribution in [0.15, 0.2) is 24.3 Å². The maximum Gasteiger partial charge on any atom is 0.251 e. The summed E-state index contributed by atoms with van der Waals surface area (Å²) in [6.45, 7) is 6.24. The number of quaternary nitrogens is 1. The van der Waals surface area contributed by atoms with Gasteiger partial charge >= 0.3 is 0 Å². The van der Waals surface area contributed by atoms with E-state index < -0.39 is 0 Å². The number of likely N-dealkylation sites (tertiary alicyclic amines) is 1. The molecule has 0 aromatic heterocycles. The molecule has 0 spiro atoms. The molecule has 1 aromatic rings. The lowest BCUT2D eigenvalue weighted by atomic mass is 10.0. The van der Waals surface area contributed by atoms with E-state index in [0.717, 1.165) is 44.2 Å². The molecule has 5 nitrogen and oxygen atoms in total. The van der Waals surface area contributed by atoms with Gasteiger partial charge in [0, 0.05) is 37.2 Å². The Morgan fingerprint density at radius 1 is 1.24 bits per heavy atom. The summed E-state index contributed by atoms with van der Waals surface area (Å²) in [5.74, 6) is 0.146. The van der Waals surface area contributed by atoms with E-state index in [0.29, 0.717) is 12.0 Å². The maximum atomic E-state index is 12.3. The summed E-state index contributed by atoms with van der Waals surface area (Å²) < 4.78 is 0. The van der Waals surface area contributed by atoms with E-state index in [4.69, 9.17) is 0 Å².